The van der Waals surface area contributed by atoms with E-state index < -0.39 is 18.0 Å². The fourth-order valence-electron chi connectivity index (χ4n) is 2.30. The quantitative estimate of drug-likeness (QED) is 0.625. The Hall–Kier alpha value is -2.47. The fraction of sp³-hybridized carbons (Fsp3) is 0.316. The van der Waals surface area contributed by atoms with Crippen LogP contribution in [0.1, 0.15) is 51.2 Å². The van der Waals surface area contributed by atoms with Gasteiger partial charge < -0.3 is 10.1 Å². The predicted octanol–water partition coefficient (Wildman–Crippen LogP) is 4.01. The molecular weight excluding hydrogens is 338 g/mol. The van der Waals surface area contributed by atoms with Gasteiger partial charge in [-0.05, 0) is 51.0 Å². The van der Waals surface area contributed by atoms with Gasteiger partial charge in [-0.25, -0.2) is 4.79 Å². The topological polar surface area (TPSA) is 72.5 Å². The highest BCUT2D eigenvalue weighted by Gasteiger charge is 2.21. The first-order valence-electron chi connectivity index (χ1n) is 8.04. The van der Waals surface area contributed by atoms with E-state index in [-0.39, 0.29) is 5.78 Å². The van der Waals surface area contributed by atoms with Gasteiger partial charge >= 0.3 is 5.97 Å². The molecule has 0 fully saturated rings. The predicted molar refractivity (Wildman–Crippen MR) is 98.4 cm³/mol. The molecule has 1 N–H and O–H groups in total. The maximum absolute atomic E-state index is 12.2. The van der Waals surface area contributed by atoms with Crippen molar-refractivity contribution in [2.75, 3.05) is 5.32 Å². The van der Waals surface area contributed by atoms with Gasteiger partial charge in [-0.15, -0.1) is 11.3 Å². The zero-order valence-electron chi connectivity index (χ0n) is 14.7. The highest BCUT2D eigenvalue weighted by molar-refractivity contribution is 7.14. The van der Waals surface area contributed by atoms with Gasteiger partial charge in [0, 0.05) is 16.1 Å². The normalized spacial score (nSPS) is 11.7. The highest BCUT2D eigenvalue weighted by Crippen LogP contribution is 2.23. The van der Waals surface area contributed by atoms with Crippen molar-refractivity contribution in [1.29, 1.82) is 0 Å². The van der Waals surface area contributed by atoms with Gasteiger partial charge in [-0.2, -0.15) is 0 Å². The zero-order valence-corrected chi connectivity index (χ0v) is 15.5. The molecule has 1 heterocycles. The van der Waals surface area contributed by atoms with Gasteiger partial charge in [0.1, 0.15) is 4.88 Å². The van der Waals surface area contributed by atoms with E-state index in [4.69, 9.17) is 4.74 Å². The van der Waals surface area contributed by atoms with Crippen LogP contribution in [0.3, 0.4) is 0 Å². The number of carbonyl (C=O) groups excluding carboxylic acids is 3. The summed E-state index contributed by atoms with van der Waals surface area (Å²) in [7, 11) is 0. The summed E-state index contributed by atoms with van der Waals surface area (Å²) in [6.07, 6.45) is -0.0982. The Morgan fingerprint density at radius 2 is 1.96 bits per heavy atom. The Kier molecular flexibility index (Phi) is 6.09. The number of esters is 1. The molecule has 6 heteroatoms. The van der Waals surface area contributed by atoms with Crippen LogP contribution in [0, 0.1) is 6.92 Å². The lowest BCUT2D eigenvalue weighted by Gasteiger charge is -2.13. The van der Waals surface area contributed by atoms with Gasteiger partial charge in [-0.1, -0.05) is 19.1 Å². The van der Waals surface area contributed by atoms with E-state index in [9.17, 15) is 14.4 Å². The van der Waals surface area contributed by atoms with E-state index in [0.29, 0.717) is 16.1 Å². The average molecular weight is 359 g/mol. The van der Waals surface area contributed by atoms with Crippen molar-refractivity contribution in [2.45, 2.75) is 40.2 Å². The van der Waals surface area contributed by atoms with Crippen molar-refractivity contribution in [3.05, 3.63) is 51.2 Å². The zero-order chi connectivity index (χ0) is 18.6. The van der Waals surface area contributed by atoms with Crippen LogP contribution < -0.4 is 5.32 Å². The van der Waals surface area contributed by atoms with Crippen molar-refractivity contribution in [3.8, 4) is 0 Å². The van der Waals surface area contributed by atoms with Gasteiger partial charge in [0.2, 0.25) is 0 Å². The molecule has 0 bridgehead atoms. The summed E-state index contributed by atoms with van der Waals surface area (Å²) in [5.41, 5.74) is 2.10. The Balaban J connectivity index is 2.01. The van der Waals surface area contributed by atoms with E-state index in [1.54, 1.807) is 24.3 Å². The summed E-state index contributed by atoms with van der Waals surface area (Å²) in [5.74, 6) is -1.04. The van der Waals surface area contributed by atoms with Crippen LogP contribution in [0.4, 0.5) is 5.69 Å². The molecule has 25 heavy (non-hydrogen) atoms. The summed E-state index contributed by atoms with van der Waals surface area (Å²) in [6.45, 7) is 6.95. The number of nitrogens with one attached hydrogen (secondary N) is 1. The minimum atomic E-state index is -0.944. The summed E-state index contributed by atoms with van der Waals surface area (Å²) in [6, 6.07) is 8.43. The smallest absolute Gasteiger partial charge is 0.349 e. The van der Waals surface area contributed by atoms with Crippen LogP contribution in [0.5, 0.6) is 0 Å². The van der Waals surface area contributed by atoms with Crippen LogP contribution in [0.15, 0.2) is 30.3 Å². The molecule has 0 saturated heterocycles. The lowest BCUT2D eigenvalue weighted by Crippen LogP contribution is -2.29. The maximum Gasteiger partial charge on any atom is 0.349 e. The number of carbonyl (C=O) groups is 3. The number of rotatable bonds is 6. The molecular formula is C19H21NO4S. The molecule has 2 rings (SSSR count). The Labute approximate surface area is 151 Å². The van der Waals surface area contributed by atoms with E-state index >= 15 is 0 Å². The number of aryl methyl sites for hydroxylation is 2. The number of hydrogen-bond donors (Lipinski definition) is 1. The molecule has 2 aromatic rings. The average Bonchev–Trinajstić information content (AvgIpc) is 2.96. The second-order valence-electron chi connectivity index (χ2n) is 5.72. The van der Waals surface area contributed by atoms with Crippen molar-refractivity contribution >= 4 is 34.7 Å². The van der Waals surface area contributed by atoms with Crippen molar-refractivity contribution in [1.82, 2.24) is 0 Å². The molecule has 1 atom stereocenters. The minimum Gasteiger partial charge on any atom is -0.448 e. The molecule has 0 saturated carbocycles. The maximum atomic E-state index is 12.2. The third-order valence-corrected chi connectivity index (χ3v) is 4.87. The Morgan fingerprint density at radius 1 is 1.24 bits per heavy atom. The number of hydrogen-bond acceptors (Lipinski definition) is 5. The standard InChI is InChI=1S/C19H21NO4S/c1-5-14-10-17(25-13(14)4)19(23)24-12(3)18(22)20-16-8-6-7-15(9-16)11(2)21/h6-10,12H,5H2,1-4H3,(H,20,22). The molecule has 1 unspecified atom stereocenters. The molecule has 0 radical (unpaired) electrons. The minimum absolute atomic E-state index is 0.0876. The first-order valence-corrected chi connectivity index (χ1v) is 8.85. The summed E-state index contributed by atoms with van der Waals surface area (Å²) in [4.78, 5) is 37.4. The largest absolute Gasteiger partial charge is 0.448 e. The summed E-state index contributed by atoms with van der Waals surface area (Å²) in [5, 5.41) is 2.66. The second-order valence-corrected chi connectivity index (χ2v) is 6.98. The molecule has 1 amide bonds. The lowest BCUT2D eigenvalue weighted by atomic mass is 10.1. The molecule has 0 spiro atoms. The van der Waals surface area contributed by atoms with Crippen LogP contribution >= 0.6 is 11.3 Å². The molecule has 0 aliphatic rings. The summed E-state index contributed by atoms with van der Waals surface area (Å²) < 4.78 is 5.25. The SMILES string of the molecule is CCc1cc(C(=O)OC(C)C(=O)Nc2cccc(C(C)=O)c2)sc1C. The van der Waals surface area contributed by atoms with Gasteiger partial charge in [0.15, 0.2) is 11.9 Å². The van der Waals surface area contributed by atoms with Crippen LogP contribution in [0.2, 0.25) is 0 Å². The van der Waals surface area contributed by atoms with Crippen molar-refractivity contribution in [3.63, 3.8) is 0 Å². The first-order chi connectivity index (χ1) is 11.8. The van der Waals surface area contributed by atoms with E-state index in [1.165, 1.54) is 25.2 Å². The molecule has 0 aliphatic heterocycles. The molecule has 1 aromatic carbocycles. The van der Waals surface area contributed by atoms with Gasteiger partial charge in [0.25, 0.3) is 5.91 Å². The van der Waals surface area contributed by atoms with Gasteiger partial charge in [0.05, 0.1) is 0 Å². The molecule has 5 nitrogen and oxygen atoms in total. The van der Waals surface area contributed by atoms with Gasteiger partial charge in [-0.3, -0.25) is 9.59 Å². The highest BCUT2D eigenvalue weighted by atomic mass is 32.1. The second kappa shape index (κ2) is 8.07. The third kappa shape index (κ3) is 4.76. The molecule has 0 aliphatic carbocycles. The number of amides is 1. The molecule has 132 valence electrons. The van der Waals surface area contributed by atoms with Crippen LogP contribution in [-0.4, -0.2) is 23.8 Å². The third-order valence-electron chi connectivity index (χ3n) is 3.79. The number of ether oxygens (including phenoxy) is 1. The molecule has 1 aromatic heterocycles. The van der Waals surface area contributed by atoms with E-state index in [2.05, 4.69) is 5.32 Å². The first kappa shape index (κ1) is 18.9. The monoisotopic (exact) mass is 359 g/mol. The van der Waals surface area contributed by atoms with Crippen molar-refractivity contribution < 1.29 is 19.1 Å². The lowest BCUT2D eigenvalue weighted by molar-refractivity contribution is -0.123. The number of thiophene rings is 1. The summed E-state index contributed by atoms with van der Waals surface area (Å²) >= 11 is 1.37. The number of Topliss-reactive ketones (excluding diaryl/α,β-unsaturated/α-hetero) is 1. The Bertz CT molecular complexity index is 810. The number of ketones is 1. The van der Waals surface area contributed by atoms with Crippen LogP contribution in [-0.2, 0) is 16.0 Å². The fourth-order valence-corrected chi connectivity index (χ4v) is 3.30. The van der Waals surface area contributed by atoms with Crippen LogP contribution in [0.25, 0.3) is 0 Å². The number of anilines is 1. The van der Waals surface area contributed by atoms with E-state index in [1.807, 2.05) is 19.9 Å². The Morgan fingerprint density at radius 3 is 2.56 bits per heavy atom. The van der Waals surface area contributed by atoms with Crippen molar-refractivity contribution in [2.24, 2.45) is 0 Å². The van der Waals surface area contributed by atoms with E-state index in [0.717, 1.165) is 16.9 Å². The number of benzene rings is 1.